The molecular formula is C18H16BrF3N4. The lowest BCUT2D eigenvalue weighted by Gasteiger charge is -2.19. The van der Waals surface area contributed by atoms with Crippen molar-refractivity contribution in [2.75, 3.05) is 11.1 Å². The number of nitrogen functional groups attached to an aromatic ring is 1. The molecule has 0 saturated heterocycles. The summed E-state index contributed by atoms with van der Waals surface area (Å²) >= 11 is 3.41. The Morgan fingerprint density at radius 1 is 1.12 bits per heavy atom. The number of aromatic nitrogens is 2. The molecule has 3 N–H and O–H groups in total. The van der Waals surface area contributed by atoms with Gasteiger partial charge in [-0.25, -0.2) is 9.97 Å². The lowest BCUT2D eigenvalue weighted by molar-refractivity contribution is -0.137. The van der Waals surface area contributed by atoms with Crippen LogP contribution in [0.15, 0.2) is 40.9 Å². The van der Waals surface area contributed by atoms with Gasteiger partial charge in [0.1, 0.15) is 11.6 Å². The Balaban J connectivity index is 2.01. The Kier molecular flexibility index (Phi) is 4.79. The van der Waals surface area contributed by atoms with Crippen LogP contribution >= 0.6 is 15.9 Å². The van der Waals surface area contributed by atoms with E-state index in [4.69, 9.17) is 5.73 Å². The number of rotatable bonds is 3. The number of fused-ring (bicyclic) bond motifs is 1. The molecule has 3 rings (SSSR count). The Bertz CT molecular complexity index is 973. The number of alkyl halides is 3. The van der Waals surface area contributed by atoms with Gasteiger partial charge in [-0.3, -0.25) is 0 Å². The number of hydrogen-bond acceptors (Lipinski definition) is 4. The minimum atomic E-state index is -4.45. The molecule has 3 aromatic rings. The van der Waals surface area contributed by atoms with Crippen molar-refractivity contribution in [1.82, 2.24) is 9.97 Å². The van der Waals surface area contributed by atoms with Gasteiger partial charge in [0, 0.05) is 15.5 Å². The molecule has 2 aromatic carbocycles. The molecule has 1 atom stereocenters. The first-order chi connectivity index (χ1) is 12.1. The molecule has 0 radical (unpaired) electrons. The largest absolute Gasteiger partial charge is 0.416 e. The van der Waals surface area contributed by atoms with Crippen LogP contribution in [0, 0.1) is 6.92 Å². The molecule has 0 bridgehead atoms. The molecule has 0 fully saturated rings. The van der Waals surface area contributed by atoms with E-state index in [0.29, 0.717) is 17.2 Å². The van der Waals surface area contributed by atoms with Crippen molar-refractivity contribution in [2.45, 2.75) is 26.1 Å². The van der Waals surface area contributed by atoms with Crippen LogP contribution in [0.1, 0.15) is 29.9 Å². The van der Waals surface area contributed by atoms with Gasteiger partial charge < -0.3 is 11.1 Å². The van der Waals surface area contributed by atoms with Crippen molar-refractivity contribution in [3.8, 4) is 0 Å². The maximum absolute atomic E-state index is 13.0. The molecule has 0 saturated carbocycles. The molecule has 0 aliphatic rings. The fraction of sp³-hybridized carbons (Fsp3) is 0.222. The van der Waals surface area contributed by atoms with Crippen molar-refractivity contribution in [2.24, 2.45) is 0 Å². The SMILES string of the molecule is Cc1nc(N[C@H](C)c2cc(N)cc(C(F)(F)F)c2)c2cc(Br)ccc2n1. The number of benzene rings is 2. The Labute approximate surface area is 156 Å². The highest BCUT2D eigenvalue weighted by molar-refractivity contribution is 9.10. The number of halogens is 4. The second kappa shape index (κ2) is 6.75. The smallest absolute Gasteiger partial charge is 0.399 e. The lowest BCUT2D eigenvalue weighted by atomic mass is 10.0. The molecule has 4 nitrogen and oxygen atoms in total. The average molecular weight is 425 g/mol. The highest BCUT2D eigenvalue weighted by Crippen LogP contribution is 2.34. The molecule has 26 heavy (non-hydrogen) atoms. The van der Waals surface area contributed by atoms with Crippen molar-refractivity contribution in [1.29, 1.82) is 0 Å². The van der Waals surface area contributed by atoms with Gasteiger partial charge in [-0.2, -0.15) is 13.2 Å². The van der Waals surface area contributed by atoms with Gasteiger partial charge in [-0.1, -0.05) is 15.9 Å². The van der Waals surface area contributed by atoms with Gasteiger partial charge >= 0.3 is 6.18 Å². The van der Waals surface area contributed by atoms with Crippen LogP contribution in [0.2, 0.25) is 0 Å². The third kappa shape index (κ3) is 3.90. The first-order valence-corrected chi connectivity index (χ1v) is 8.61. The van der Waals surface area contributed by atoms with Crippen LogP contribution in [0.25, 0.3) is 10.9 Å². The van der Waals surface area contributed by atoms with Gasteiger partial charge in [0.25, 0.3) is 0 Å². The van der Waals surface area contributed by atoms with E-state index in [1.807, 2.05) is 18.2 Å². The lowest BCUT2D eigenvalue weighted by Crippen LogP contribution is -2.12. The molecule has 0 amide bonds. The van der Waals surface area contributed by atoms with Crippen LogP contribution < -0.4 is 11.1 Å². The van der Waals surface area contributed by atoms with Gasteiger partial charge in [0.2, 0.25) is 0 Å². The normalized spacial score (nSPS) is 13.0. The molecular weight excluding hydrogens is 409 g/mol. The molecule has 0 unspecified atom stereocenters. The zero-order chi connectivity index (χ0) is 19.1. The summed E-state index contributed by atoms with van der Waals surface area (Å²) in [5, 5.41) is 3.96. The maximum atomic E-state index is 13.0. The van der Waals surface area contributed by atoms with Gasteiger partial charge in [0.15, 0.2) is 0 Å². The summed E-state index contributed by atoms with van der Waals surface area (Å²) in [6, 6.07) is 8.71. The van der Waals surface area contributed by atoms with E-state index in [2.05, 4.69) is 31.2 Å². The first-order valence-electron chi connectivity index (χ1n) is 7.81. The van der Waals surface area contributed by atoms with Crippen LogP contribution in [-0.2, 0) is 6.18 Å². The number of nitrogens with two attached hydrogens (primary N) is 1. The van der Waals surface area contributed by atoms with Crippen molar-refractivity contribution in [3.05, 3.63) is 57.8 Å². The van der Waals surface area contributed by atoms with E-state index in [1.165, 1.54) is 6.07 Å². The van der Waals surface area contributed by atoms with Crippen LogP contribution in [0.5, 0.6) is 0 Å². The predicted molar refractivity (Wildman–Crippen MR) is 99.9 cm³/mol. The minimum Gasteiger partial charge on any atom is -0.399 e. The number of hydrogen-bond donors (Lipinski definition) is 2. The zero-order valence-corrected chi connectivity index (χ0v) is 15.6. The predicted octanol–water partition coefficient (Wildman–Crippen LogP) is 5.47. The average Bonchev–Trinajstić information content (AvgIpc) is 2.54. The molecule has 0 spiro atoms. The number of nitrogens with one attached hydrogen (secondary N) is 1. The van der Waals surface area contributed by atoms with Crippen LogP contribution in [-0.4, -0.2) is 9.97 Å². The molecule has 0 aliphatic heterocycles. The van der Waals surface area contributed by atoms with E-state index in [-0.39, 0.29) is 5.69 Å². The Morgan fingerprint density at radius 2 is 1.85 bits per heavy atom. The number of aryl methyl sites for hydroxylation is 1. The molecule has 1 aromatic heterocycles. The third-order valence-corrected chi connectivity index (χ3v) is 4.42. The minimum absolute atomic E-state index is 0.0648. The third-order valence-electron chi connectivity index (χ3n) is 3.93. The first kappa shape index (κ1) is 18.4. The highest BCUT2D eigenvalue weighted by Gasteiger charge is 2.31. The Morgan fingerprint density at radius 3 is 2.54 bits per heavy atom. The zero-order valence-electron chi connectivity index (χ0n) is 14.0. The highest BCUT2D eigenvalue weighted by atomic mass is 79.9. The fourth-order valence-electron chi connectivity index (χ4n) is 2.71. The maximum Gasteiger partial charge on any atom is 0.416 e. The summed E-state index contributed by atoms with van der Waals surface area (Å²) in [7, 11) is 0. The van der Waals surface area contributed by atoms with Crippen LogP contribution in [0.3, 0.4) is 0 Å². The second-order valence-corrected chi connectivity index (χ2v) is 6.95. The van der Waals surface area contributed by atoms with E-state index in [1.54, 1.807) is 13.8 Å². The second-order valence-electron chi connectivity index (χ2n) is 6.03. The number of nitrogens with zero attached hydrogens (tertiary/aromatic N) is 2. The van der Waals surface area contributed by atoms with E-state index >= 15 is 0 Å². The summed E-state index contributed by atoms with van der Waals surface area (Å²) < 4.78 is 40.0. The molecule has 1 heterocycles. The number of anilines is 2. The van der Waals surface area contributed by atoms with Crippen LogP contribution in [0.4, 0.5) is 24.7 Å². The van der Waals surface area contributed by atoms with Gasteiger partial charge in [-0.15, -0.1) is 0 Å². The van der Waals surface area contributed by atoms with Gasteiger partial charge in [0.05, 0.1) is 17.1 Å². The van der Waals surface area contributed by atoms with Crippen molar-refractivity contribution in [3.63, 3.8) is 0 Å². The monoisotopic (exact) mass is 424 g/mol. The van der Waals surface area contributed by atoms with Gasteiger partial charge in [-0.05, 0) is 55.8 Å². The topological polar surface area (TPSA) is 63.8 Å². The molecule has 8 heteroatoms. The summed E-state index contributed by atoms with van der Waals surface area (Å²) in [4.78, 5) is 8.78. The molecule has 136 valence electrons. The standard InChI is InChI=1S/C18H16BrF3N4/c1-9(11-5-12(18(20,21)22)7-14(23)6-11)24-17-15-8-13(19)3-4-16(15)25-10(2)26-17/h3-9H,23H2,1-2H3,(H,24,25,26)/t9-/m1/s1. The quantitative estimate of drug-likeness (QED) is 0.546. The fourth-order valence-corrected chi connectivity index (χ4v) is 3.07. The summed E-state index contributed by atoms with van der Waals surface area (Å²) in [5.74, 6) is 1.12. The Hall–Kier alpha value is -2.35. The van der Waals surface area contributed by atoms with Crippen molar-refractivity contribution >= 4 is 38.3 Å². The van der Waals surface area contributed by atoms with Crippen molar-refractivity contribution < 1.29 is 13.2 Å². The summed E-state index contributed by atoms with van der Waals surface area (Å²) in [6.45, 7) is 3.52. The van der Waals surface area contributed by atoms with E-state index in [9.17, 15) is 13.2 Å². The molecule has 0 aliphatic carbocycles. The van der Waals surface area contributed by atoms with E-state index in [0.717, 1.165) is 27.5 Å². The summed E-state index contributed by atoms with van der Waals surface area (Å²) in [6.07, 6.45) is -4.45. The van der Waals surface area contributed by atoms with E-state index < -0.39 is 17.8 Å². The summed E-state index contributed by atoms with van der Waals surface area (Å²) in [5.41, 5.74) is 6.13.